The zero-order valence-corrected chi connectivity index (χ0v) is 20.4. The number of rotatable bonds is 7. The summed E-state index contributed by atoms with van der Waals surface area (Å²) < 4.78 is 5.12. The van der Waals surface area contributed by atoms with Crippen LogP contribution in [-0.2, 0) is 0 Å². The normalized spacial score (nSPS) is 11.5. The highest BCUT2D eigenvalue weighted by atomic mass is 32.1. The molecule has 0 fully saturated rings. The fourth-order valence-electron chi connectivity index (χ4n) is 3.57. The summed E-state index contributed by atoms with van der Waals surface area (Å²) in [6.45, 7) is 3.77. The maximum Gasteiger partial charge on any atom is 0.291 e. The van der Waals surface area contributed by atoms with Crippen molar-refractivity contribution in [1.82, 2.24) is 4.90 Å². The molecule has 0 radical (unpaired) electrons. The number of thiophene rings is 1. The van der Waals surface area contributed by atoms with E-state index in [2.05, 4.69) is 10.6 Å². The lowest BCUT2D eigenvalue weighted by Crippen LogP contribution is -2.29. The lowest BCUT2D eigenvalue weighted by Gasteiger charge is -2.25. The van der Waals surface area contributed by atoms with Crippen LogP contribution in [-0.4, -0.2) is 29.7 Å². The van der Waals surface area contributed by atoms with Gasteiger partial charge in [-0.2, -0.15) is 0 Å². The molecule has 7 nitrogen and oxygen atoms in total. The molecular weight excluding hydrogens is 462 g/mol. The number of amides is 3. The number of hydrogen-bond donors (Lipinski definition) is 2. The first-order valence-corrected chi connectivity index (χ1v) is 11.8. The van der Waals surface area contributed by atoms with Crippen LogP contribution in [0.4, 0.5) is 10.7 Å². The molecule has 0 bridgehead atoms. The van der Waals surface area contributed by atoms with Crippen LogP contribution in [0.3, 0.4) is 0 Å². The zero-order chi connectivity index (χ0) is 24.9. The van der Waals surface area contributed by atoms with Crippen molar-refractivity contribution in [2.75, 3.05) is 17.7 Å². The minimum absolute atomic E-state index is 0.155. The van der Waals surface area contributed by atoms with Crippen LogP contribution in [0.2, 0.25) is 0 Å². The number of furan rings is 1. The molecule has 0 aliphatic carbocycles. The van der Waals surface area contributed by atoms with Gasteiger partial charge in [0.1, 0.15) is 0 Å². The van der Waals surface area contributed by atoms with Gasteiger partial charge in [0.25, 0.3) is 17.7 Å². The molecule has 1 unspecified atom stereocenters. The van der Waals surface area contributed by atoms with Gasteiger partial charge in [0.05, 0.1) is 22.2 Å². The number of carbonyl (C=O) groups is 3. The summed E-state index contributed by atoms with van der Waals surface area (Å²) >= 11 is 1.22. The number of anilines is 2. The van der Waals surface area contributed by atoms with Crippen molar-refractivity contribution in [3.05, 3.63) is 106 Å². The summed E-state index contributed by atoms with van der Waals surface area (Å²) in [6, 6.07) is 21.2. The largest absolute Gasteiger partial charge is 0.459 e. The van der Waals surface area contributed by atoms with Gasteiger partial charge in [-0.25, -0.2) is 0 Å². The summed E-state index contributed by atoms with van der Waals surface area (Å²) in [7, 11) is 1.74. The van der Waals surface area contributed by atoms with E-state index in [1.807, 2.05) is 56.3 Å². The summed E-state index contributed by atoms with van der Waals surface area (Å²) in [5.74, 6) is -0.518. The van der Waals surface area contributed by atoms with E-state index in [-0.39, 0.29) is 29.5 Å². The van der Waals surface area contributed by atoms with Crippen LogP contribution in [0.1, 0.15) is 54.7 Å². The molecular formula is C27H25N3O4S. The maximum absolute atomic E-state index is 13.3. The second-order valence-electron chi connectivity index (χ2n) is 8.09. The minimum atomic E-state index is -0.369. The van der Waals surface area contributed by atoms with Gasteiger partial charge in [-0.3, -0.25) is 14.4 Å². The first-order chi connectivity index (χ1) is 16.8. The van der Waals surface area contributed by atoms with E-state index >= 15 is 0 Å². The third-order valence-electron chi connectivity index (χ3n) is 5.66. The van der Waals surface area contributed by atoms with Crippen molar-refractivity contribution in [3.63, 3.8) is 0 Å². The van der Waals surface area contributed by atoms with E-state index in [1.54, 1.807) is 42.3 Å². The molecule has 0 saturated heterocycles. The highest BCUT2D eigenvalue weighted by molar-refractivity contribution is 7.18. The van der Waals surface area contributed by atoms with Gasteiger partial charge in [-0.1, -0.05) is 30.3 Å². The number of hydrogen-bond acceptors (Lipinski definition) is 5. The quantitative estimate of drug-likeness (QED) is 0.335. The monoisotopic (exact) mass is 487 g/mol. The first-order valence-electron chi connectivity index (χ1n) is 11.0. The molecule has 0 spiro atoms. The number of nitrogens with zero attached hydrogens (tertiary/aromatic N) is 1. The maximum atomic E-state index is 13.3. The van der Waals surface area contributed by atoms with E-state index in [0.717, 1.165) is 11.1 Å². The van der Waals surface area contributed by atoms with E-state index in [1.165, 1.54) is 17.6 Å². The number of nitrogens with one attached hydrogen (secondary N) is 2. The van der Waals surface area contributed by atoms with Gasteiger partial charge >= 0.3 is 0 Å². The summed E-state index contributed by atoms with van der Waals surface area (Å²) in [5, 5.41) is 6.25. The van der Waals surface area contributed by atoms with E-state index < -0.39 is 0 Å². The van der Waals surface area contributed by atoms with Gasteiger partial charge < -0.3 is 20.0 Å². The van der Waals surface area contributed by atoms with Gasteiger partial charge in [0.2, 0.25) is 0 Å². The third-order valence-corrected chi connectivity index (χ3v) is 6.80. The Hall–Kier alpha value is -4.17. The summed E-state index contributed by atoms with van der Waals surface area (Å²) in [6.07, 6.45) is 1.43. The lowest BCUT2D eigenvalue weighted by atomic mass is 10.1. The molecule has 0 aliphatic rings. The van der Waals surface area contributed by atoms with Crippen molar-refractivity contribution in [3.8, 4) is 0 Å². The molecule has 0 aliphatic heterocycles. The van der Waals surface area contributed by atoms with Crippen LogP contribution in [0.15, 0.2) is 83.5 Å². The molecule has 2 N–H and O–H groups in total. The number of carbonyl (C=O) groups excluding carboxylic acids is 3. The smallest absolute Gasteiger partial charge is 0.291 e. The molecule has 0 saturated carbocycles. The molecule has 2 heterocycles. The Morgan fingerprint density at radius 1 is 0.914 bits per heavy atom. The second kappa shape index (κ2) is 10.4. The molecule has 8 heteroatoms. The van der Waals surface area contributed by atoms with Crippen molar-refractivity contribution in [1.29, 1.82) is 0 Å². The Kier molecular flexibility index (Phi) is 7.12. The van der Waals surface area contributed by atoms with Gasteiger partial charge in [-0.15, -0.1) is 11.3 Å². The van der Waals surface area contributed by atoms with Crippen molar-refractivity contribution in [2.45, 2.75) is 19.9 Å². The average molecular weight is 488 g/mol. The minimum Gasteiger partial charge on any atom is -0.459 e. The third kappa shape index (κ3) is 5.50. The van der Waals surface area contributed by atoms with Crippen LogP contribution in [0.5, 0.6) is 0 Å². The average Bonchev–Trinajstić information content (AvgIpc) is 3.53. The number of aryl methyl sites for hydroxylation is 1. The molecule has 2 aromatic carbocycles. The zero-order valence-electron chi connectivity index (χ0n) is 19.6. The van der Waals surface area contributed by atoms with E-state index in [0.29, 0.717) is 21.1 Å². The summed E-state index contributed by atoms with van der Waals surface area (Å²) in [5.41, 5.74) is 2.88. The van der Waals surface area contributed by atoms with Crippen LogP contribution in [0, 0.1) is 6.92 Å². The molecule has 1 atom stereocenters. The van der Waals surface area contributed by atoms with Gasteiger partial charge in [0, 0.05) is 18.3 Å². The lowest BCUT2D eigenvalue weighted by molar-refractivity contribution is 0.0746. The van der Waals surface area contributed by atoms with Crippen LogP contribution >= 0.6 is 11.3 Å². The predicted molar refractivity (Wildman–Crippen MR) is 137 cm³/mol. The Labute approximate surface area is 207 Å². The van der Waals surface area contributed by atoms with Crippen molar-refractivity contribution in [2.24, 2.45) is 0 Å². The highest BCUT2D eigenvalue weighted by Crippen LogP contribution is 2.31. The van der Waals surface area contributed by atoms with Crippen LogP contribution < -0.4 is 10.6 Å². The van der Waals surface area contributed by atoms with E-state index in [4.69, 9.17) is 4.42 Å². The molecule has 2 aromatic heterocycles. The SMILES string of the molecule is Cc1cc(NC(=O)c2ccco2)sc1C(=O)N(C)C(C)c1cccc(NC(=O)c2ccccc2)c1. The van der Waals surface area contributed by atoms with Crippen LogP contribution in [0.25, 0.3) is 0 Å². The Bertz CT molecular complexity index is 1350. The predicted octanol–water partition coefficient (Wildman–Crippen LogP) is 5.99. The fraction of sp³-hybridized carbons (Fsp3) is 0.148. The Morgan fingerprint density at radius 3 is 2.40 bits per heavy atom. The van der Waals surface area contributed by atoms with Gasteiger partial charge in [-0.05, 0) is 67.4 Å². The summed E-state index contributed by atoms with van der Waals surface area (Å²) in [4.78, 5) is 40.3. The van der Waals surface area contributed by atoms with Crippen molar-refractivity contribution < 1.29 is 18.8 Å². The molecule has 3 amide bonds. The van der Waals surface area contributed by atoms with Crippen molar-refractivity contribution >= 4 is 39.7 Å². The van der Waals surface area contributed by atoms with E-state index in [9.17, 15) is 14.4 Å². The Morgan fingerprint density at radius 2 is 1.69 bits per heavy atom. The fourth-order valence-corrected chi connectivity index (χ4v) is 4.62. The number of benzene rings is 2. The van der Waals surface area contributed by atoms with Gasteiger partial charge in [0.15, 0.2) is 5.76 Å². The highest BCUT2D eigenvalue weighted by Gasteiger charge is 2.23. The molecule has 35 heavy (non-hydrogen) atoms. The second-order valence-corrected chi connectivity index (χ2v) is 9.14. The topological polar surface area (TPSA) is 91.7 Å². The standard InChI is InChI=1S/C27H25N3O4S/c1-17-15-23(29-26(32)22-13-8-14-34-22)35-24(17)27(33)30(3)18(2)20-11-7-12-21(16-20)28-25(31)19-9-5-4-6-10-19/h4-16,18H,1-3H3,(H,28,31)(H,29,32). The molecule has 4 rings (SSSR count). The first kappa shape index (κ1) is 24.0. The molecule has 178 valence electrons. The Balaban J connectivity index is 1.46. The molecule has 4 aromatic rings.